The number of halogens is 3. The topological polar surface area (TPSA) is 96.1 Å². The molecular formula is C12H12F3N5O. The number of aromatic nitrogens is 2. The van der Waals surface area contributed by atoms with Crippen LogP contribution in [0, 0.1) is 0 Å². The first-order chi connectivity index (χ1) is 9.91. The number of aliphatic hydroxyl groups excluding tert-OH is 1. The smallest absolute Gasteiger partial charge is 0.371 e. The summed E-state index contributed by atoms with van der Waals surface area (Å²) in [5.74, 6) is 5.30. The van der Waals surface area contributed by atoms with Crippen molar-refractivity contribution in [1.29, 1.82) is 0 Å². The number of nitrogens with zero attached hydrogens (tertiary/aromatic N) is 2. The number of nitrogens with one attached hydrogen (secondary N) is 2. The lowest BCUT2D eigenvalue weighted by atomic mass is 10.2. The van der Waals surface area contributed by atoms with Crippen LogP contribution < -0.4 is 16.6 Å². The van der Waals surface area contributed by atoms with Crippen molar-refractivity contribution < 1.29 is 18.3 Å². The monoisotopic (exact) mass is 299 g/mol. The Morgan fingerprint density at radius 1 is 1.10 bits per heavy atom. The second-order valence-corrected chi connectivity index (χ2v) is 4.06. The maximum Gasteiger partial charge on any atom is 0.416 e. The quantitative estimate of drug-likeness (QED) is 0.390. The van der Waals surface area contributed by atoms with Crippen molar-refractivity contribution in [3.05, 3.63) is 47.9 Å². The fourth-order valence-corrected chi connectivity index (χ4v) is 1.60. The zero-order chi connectivity index (χ0) is 15.5. The Kier molecular flexibility index (Phi) is 4.36. The maximum atomic E-state index is 12.5. The minimum absolute atomic E-state index is 0.125. The average molecular weight is 299 g/mol. The summed E-state index contributed by atoms with van der Waals surface area (Å²) in [5, 5.41) is 12.4. The summed E-state index contributed by atoms with van der Waals surface area (Å²) < 4.78 is 37.4. The van der Waals surface area contributed by atoms with Crippen LogP contribution in [0.3, 0.4) is 0 Å². The highest BCUT2D eigenvalue weighted by Gasteiger charge is 2.30. The van der Waals surface area contributed by atoms with Crippen molar-refractivity contribution in [2.75, 3.05) is 5.32 Å². The normalized spacial score (nSPS) is 13.0. The number of hydrogen-bond acceptors (Lipinski definition) is 6. The molecule has 6 nitrogen and oxygen atoms in total. The summed E-state index contributed by atoms with van der Waals surface area (Å²) in [6.45, 7) is 0. The molecule has 0 bridgehead atoms. The van der Waals surface area contributed by atoms with E-state index in [2.05, 4.69) is 20.7 Å². The molecule has 2 aromatic rings. The van der Waals surface area contributed by atoms with Crippen molar-refractivity contribution in [3.8, 4) is 0 Å². The summed E-state index contributed by atoms with van der Waals surface area (Å²) in [6.07, 6.45) is -2.92. The molecule has 0 saturated heterocycles. The molecule has 0 aliphatic rings. The molecule has 112 valence electrons. The number of alkyl halides is 3. The van der Waals surface area contributed by atoms with E-state index in [4.69, 9.17) is 5.84 Å². The van der Waals surface area contributed by atoms with Crippen LogP contribution in [-0.4, -0.2) is 15.1 Å². The number of anilines is 2. The van der Waals surface area contributed by atoms with E-state index < -0.39 is 18.0 Å². The van der Waals surface area contributed by atoms with Gasteiger partial charge in [-0.15, -0.1) is 0 Å². The van der Waals surface area contributed by atoms with E-state index in [1.807, 2.05) is 0 Å². The zero-order valence-electron chi connectivity index (χ0n) is 10.6. The minimum Gasteiger partial charge on any atom is -0.371 e. The van der Waals surface area contributed by atoms with Crippen molar-refractivity contribution in [3.63, 3.8) is 0 Å². The highest BCUT2D eigenvalue weighted by Crippen LogP contribution is 2.30. The van der Waals surface area contributed by atoms with Gasteiger partial charge in [-0.3, -0.25) is 10.8 Å². The second kappa shape index (κ2) is 6.04. The van der Waals surface area contributed by atoms with Gasteiger partial charge in [-0.05, 0) is 24.3 Å². The van der Waals surface area contributed by atoms with E-state index in [1.54, 1.807) is 0 Å². The Bertz CT molecular complexity index is 603. The highest BCUT2D eigenvalue weighted by molar-refractivity contribution is 5.58. The molecule has 1 heterocycles. The number of nitrogens with two attached hydrogens (primary N) is 1. The Morgan fingerprint density at radius 3 is 2.29 bits per heavy atom. The van der Waals surface area contributed by atoms with Crippen molar-refractivity contribution in [2.45, 2.75) is 12.4 Å². The van der Waals surface area contributed by atoms with Gasteiger partial charge >= 0.3 is 6.18 Å². The molecule has 0 aliphatic carbocycles. The van der Waals surface area contributed by atoms with Crippen molar-refractivity contribution in [1.82, 2.24) is 15.4 Å². The number of hydrogen-bond donors (Lipinski definition) is 4. The third-order valence-electron chi connectivity index (χ3n) is 2.62. The highest BCUT2D eigenvalue weighted by atomic mass is 19.4. The summed E-state index contributed by atoms with van der Waals surface area (Å²) >= 11 is 0. The van der Waals surface area contributed by atoms with E-state index in [0.29, 0.717) is 5.69 Å². The van der Waals surface area contributed by atoms with Gasteiger partial charge in [-0.2, -0.15) is 13.2 Å². The third-order valence-corrected chi connectivity index (χ3v) is 2.62. The predicted octanol–water partition coefficient (Wildman–Crippen LogP) is 1.69. The van der Waals surface area contributed by atoms with Crippen LogP contribution in [0.4, 0.5) is 24.7 Å². The molecule has 5 N–H and O–H groups in total. The molecule has 0 amide bonds. The summed E-state index contributed by atoms with van der Waals surface area (Å²) in [4.78, 5) is 7.87. The molecule has 1 atom stereocenters. The largest absolute Gasteiger partial charge is 0.416 e. The first-order valence-electron chi connectivity index (χ1n) is 5.81. The van der Waals surface area contributed by atoms with Crippen molar-refractivity contribution in [2.24, 2.45) is 5.84 Å². The van der Waals surface area contributed by atoms with Crippen LogP contribution in [0.15, 0.2) is 36.7 Å². The Labute approximate surface area is 117 Å². The van der Waals surface area contributed by atoms with Gasteiger partial charge in [0.1, 0.15) is 5.69 Å². The SMILES string of the molecule is NNC(O)c1nccnc1Nc1ccc(C(F)(F)F)cc1. The molecule has 1 aromatic heterocycles. The van der Waals surface area contributed by atoms with Crippen LogP contribution in [0.5, 0.6) is 0 Å². The average Bonchev–Trinajstić information content (AvgIpc) is 2.46. The fourth-order valence-electron chi connectivity index (χ4n) is 1.60. The first-order valence-corrected chi connectivity index (χ1v) is 5.81. The zero-order valence-corrected chi connectivity index (χ0v) is 10.6. The maximum absolute atomic E-state index is 12.5. The van der Waals surface area contributed by atoms with Gasteiger partial charge in [0.2, 0.25) is 0 Å². The molecule has 0 saturated carbocycles. The standard InChI is InChI=1S/C12H12F3N5O/c13-12(14,15)7-1-3-8(4-2-7)19-10-9(11(21)20-16)17-5-6-18-10/h1-6,11,20-21H,16H2,(H,18,19). The molecule has 0 spiro atoms. The van der Waals surface area contributed by atoms with E-state index in [1.165, 1.54) is 24.5 Å². The molecule has 2 rings (SSSR count). The lowest BCUT2D eigenvalue weighted by Gasteiger charge is -2.14. The fraction of sp³-hybridized carbons (Fsp3) is 0.167. The van der Waals surface area contributed by atoms with Crippen LogP contribution in [0.2, 0.25) is 0 Å². The van der Waals surface area contributed by atoms with E-state index in [9.17, 15) is 18.3 Å². The lowest BCUT2D eigenvalue weighted by molar-refractivity contribution is -0.137. The van der Waals surface area contributed by atoms with Crippen molar-refractivity contribution >= 4 is 11.5 Å². The van der Waals surface area contributed by atoms with E-state index in [0.717, 1.165) is 12.1 Å². The number of rotatable bonds is 4. The lowest BCUT2D eigenvalue weighted by Crippen LogP contribution is -2.29. The molecule has 9 heteroatoms. The molecule has 0 aliphatic heterocycles. The van der Waals surface area contributed by atoms with Crippen LogP contribution in [0.25, 0.3) is 0 Å². The Morgan fingerprint density at radius 2 is 1.71 bits per heavy atom. The second-order valence-electron chi connectivity index (χ2n) is 4.06. The summed E-state index contributed by atoms with van der Waals surface area (Å²) in [5.41, 5.74) is 1.84. The van der Waals surface area contributed by atoms with Crippen LogP contribution in [0.1, 0.15) is 17.5 Å². The predicted molar refractivity (Wildman–Crippen MR) is 69.0 cm³/mol. The Balaban J connectivity index is 2.23. The van der Waals surface area contributed by atoms with Gasteiger partial charge in [0.15, 0.2) is 12.0 Å². The van der Waals surface area contributed by atoms with Gasteiger partial charge in [0.25, 0.3) is 0 Å². The van der Waals surface area contributed by atoms with Crippen LogP contribution in [-0.2, 0) is 6.18 Å². The van der Waals surface area contributed by atoms with Gasteiger partial charge in [-0.25, -0.2) is 10.4 Å². The van der Waals surface area contributed by atoms with Gasteiger partial charge < -0.3 is 10.4 Å². The molecule has 1 aromatic carbocycles. The first kappa shape index (κ1) is 15.2. The van der Waals surface area contributed by atoms with Gasteiger partial charge in [0.05, 0.1) is 5.56 Å². The number of hydrazine groups is 1. The molecular weight excluding hydrogens is 287 g/mol. The molecule has 21 heavy (non-hydrogen) atoms. The number of aliphatic hydroxyl groups is 1. The van der Waals surface area contributed by atoms with E-state index in [-0.39, 0.29) is 11.5 Å². The summed E-state index contributed by atoms with van der Waals surface area (Å²) in [6, 6.07) is 4.39. The van der Waals surface area contributed by atoms with E-state index >= 15 is 0 Å². The summed E-state index contributed by atoms with van der Waals surface area (Å²) in [7, 11) is 0. The third kappa shape index (κ3) is 3.66. The Hall–Kier alpha value is -2.23. The van der Waals surface area contributed by atoms with Crippen LogP contribution >= 0.6 is 0 Å². The van der Waals surface area contributed by atoms with Gasteiger partial charge in [-0.1, -0.05) is 0 Å². The molecule has 0 radical (unpaired) electrons. The number of benzene rings is 1. The molecule has 0 fully saturated rings. The van der Waals surface area contributed by atoms with Gasteiger partial charge in [0, 0.05) is 18.1 Å². The molecule has 1 unspecified atom stereocenters. The minimum atomic E-state index is -4.39.